The molecule has 2 amide bonds. The minimum atomic E-state index is -1.08. The first-order chi connectivity index (χ1) is 10.6. The van der Waals surface area contributed by atoms with Gasteiger partial charge in [-0.05, 0) is 12.8 Å². The smallest absolute Gasteiger partial charge is 0.404 e. The third kappa shape index (κ3) is 4.44. The van der Waals surface area contributed by atoms with Gasteiger partial charge >= 0.3 is 12.2 Å². The SMILES string of the molecule is O=C(O)NCC1=NN=C(CNC(=O)O)C2CCCCCCC12. The molecular formula is C14H22N4O4. The lowest BCUT2D eigenvalue weighted by Gasteiger charge is -2.33. The van der Waals surface area contributed by atoms with E-state index in [1.165, 1.54) is 12.8 Å². The number of rotatable bonds is 4. The molecule has 22 heavy (non-hydrogen) atoms. The quantitative estimate of drug-likeness (QED) is 0.633. The molecule has 0 bridgehead atoms. The van der Waals surface area contributed by atoms with E-state index in [-0.39, 0.29) is 24.9 Å². The number of nitrogens with zero attached hydrogens (tertiary/aromatic N) is 2. The molecule has 2 unspecified atom stereocenters. The van der Waals surface area contributed by atoms with Crippen molar-refractivity contribution in [3.8, 4) is 0 Å². The lowest BCUT2D eigenvalue weighted by molar-refractivity contribution is 0.194. The van der Waals surface area contributed by atoms with Gasteiger partial charge in [0.15, 0.2) is 0 Å². The van der Waals surface area contributed by atoms with Gasteiger partial charge in [-0.2, -0.15) is 10.2 Å². The lowest BCUT2D eigenvalue weighted by Crippen LogP contribution is -2.43. The summed E-state index contributed by atoms with van der Waals surface area (Å²) in [6.07, 6.45) is 4.22. The molecule has 1 aliphatic carbocycles. The van der Waals surface area contributed by atoms with Gasteiger partial charge in [0.2, 0.25) is 0 Å². The Hall–Kier alpha value is -2.12. The van der Waals surface area contributed by atoms with Gasteiger partial charge in [0.1, 0.15) is 0 Å². The zero-order valence-corrected chi connectivity index (χ0v) is 12.4. The van der Waals surface area contributed by atoms with Crippen molar-refractivity contribution in [2.75, 3.05) is 13.1 Å². The van der Waals surface area contributed by atoms with Crippen molar-refractivity contribution in [1.82, 2.24) is 10.6 Å². The predicted molar refractivity (Wildman–Crippen MR) is 81.6 cm³/mol. The maximum absolute atomic E-state index is 10.7. The molecule has 1 saturated carbocycles. The molecule has 0 radical (unpaired) electrons. The molecule has 1 heterocycles. The summed E-state index contributed by atoms with van der Waals surface area (Å²) in [5.74, 6) is 0.297. The van der Waals surface area contributed by atoms with Crippen molar-refractivity contribution >= 4 is 23.6 Å². The fourth-order valence-corrected chi connectivity index (χ4v) is 3.22. The average Bonchev–Trinajstić information content (AvgIpc) is 2.43. The third-order valence-electron chi connectivity index (χ3n) is 4.27. The lowest BCUT2D eigenvalue weighted by atomic mass is 9.75. The summed E-state index contributed by atoms with van der Waals surface area (Å²) < 4.78 is 0. The number of nitrogens with one attached hydrogen (secondary N) is 2. The summed E-state index contributed by atoms with van der Waals surface area (Å²) in [5.41, 5.74) is 1.52. The molecule has 1 aliphatic heterocycles. The molecule has 4 N–H and O–H groups in total. The number of hydrogen-bond acceptors (Lipinski definition) is 4. The van der Waals surface area contributed by atoms with Crippen molar-refractivity contribution in [1.29, 1.82) is 0 Å². The maximum atomic E-state index is 10.7. The molecule has 0 aromatic heterocycles. The van der Waals surface area contributed by atoms with E-state index in [2.05, 4.69) is 20.8 Å². The fraction of sp³-hybridized carbons (Fsp3) is 0.714. The Kier molecular flexibility index (Phi) is 5.74. The van der Waals surface area contributed by atoms with E-state index in [0.29, 0.717) is 0 Å². The molecule has 2 aliphatic rings. The Morgan fingerprint density at radius 3 is 1.64 bits per heavy atom. The number of fused-ring (bicyclic) bond motifs is 1. The molecule has 122 valence electrons. The largest absolute Gasteiger partial charge is 0.465 e. The third-order valence-corrected chi connectivity index (χ3v) is 4.27. The van der Waals surface area contributed by atoms with E-state index >= 15 is 0 Å². The van der Waals surface area contributed by atoms with Gasteiger partial charge in [-0.15, -0.1) is 0 Å². The van der Waals surface area contributed by atoms with Gasteiger partial charge in [-0.3, -0.25) is 0 Å². The first-order valence-electron chi connectivity index (χ1n) is 7.64. The van der Waals surface area contributed by atoms with E-state index in [1.807, 2.05) is 0 Å². The van der Waals surface area contributed by atoms with Crippen LogP contribution in [0.3, 0.4) is 0 Å². The van der Waals surface area contributed by atoms with Crippen molar-refractivity contribution in [3.63, 3.8) is 0 Å². The zero-order chi connectivity index (χ0) is 15.9. The molecule has 1 fully saturated rings. The van der Waals surface area contributed by atoms with Crippen LogP contribution in [-0.4, -0.2) is 46.9 Å². The van der Waals surface area contributed by atoms with Crippen LogP contribution in [0.5, 0.6) is 0 Å². The fourth-order valence-electron chi connectivity index (χ4n) is 3.22. The number of hydrogen-bond donors (Lipinski definition) is 4. The molecule has 2 rings (SSSR count). The first-order valence-corrected chi connectivity index (χ1v) is 7.64. The summed E-state index contributed by atoms with van der Waals surface area (Å²) in [4.78, 5) is 21.4. The van der Waals surface area contributed by atoms with Crippen LogP contribution < -0.4 is 10.6 Å². The Bertz CT molecular complexity index is 445. The van der Waals surface area contributed by atoms with Crippen molar-refractivity contribution in [2.24, 2.45) is 22.0 Å². The van der Waals surface area contributed by atoms with Gasteiger partial charge < -0.3 is 20.8 Å². The van der Waals surface area contributed by atoms with E-state index in [0.717, 1.165) is 37.1 Å². The zero-order valence-electron chi connectivity index (χ0n) is 12.4. The standard InChI is InChI=1S/C14H22N4O4/c19-13(20)15-7-11-9-5-3-1-2-4-6-10(9)12(18-17-11)8-16-14(21)22/h9-10,15-16H,1-8H2,(H,19,20)(H,21,22). The highest BCUT2D eigenvalue weighted by Gasteiger charge is 2.33. The van der Waals surface area contributed by atoms with Crippen LogP contribution in [0.2, 0.25) is 0 Å². The van der Waals surface area contributed by atoms with Crippen LogP contribution in [0.1, 0.15) is 38.5 Å². The summed E-state index contributed by atoms with van der Waals surface area (Å²) >= 11 is 0. The number of amides is 2. The maximum Gasteiger partial charge on any atom is 0.404 e. The molecule has 8 heteroatoms. The highest BCUT2D eigenvalue weighted by atomic mass is 16.4. The first kappa shape index (κ1) is 16.3. The molecule has 8 nitrogen and oxygen atoms in total. The van der Waals surface area contributed by atoms with Crippen molar-refractivity contribution in [3.05, 3.63) is 0 Å². The van der Waals surface area contributed by atoms with Crippen LogP contribution in [-0.2, 0) is 0 Å². The predicted octanol–water partition coefficient (Wildman–Crippen LogP) is 1.92. The highest BCUT2D eigenvalue weighted by molar-refractivity contribution is 6.01. The molecule has 2 atom stereocenters. The van der Waals surface area contributed by atoms with E-state index in [1.54, 1.807) is 0 Å². The van der Waals surface area contributed by atoms with E-state index < -0.39 is 12.2 Å². The van der Waals surface area contributed by atoms with Crippen LogP contribution in [0, 0.1) is 11.8 Å². The van der Waals surface area contributed by atoms with Crippen molar-refractivity contribution in [2.45, 2.75) is 38.5 Å². The molecular weight excluding hydrogens is 288 g/mol. The normalized spacial score (nSPS) is 24.9. The molecule has 0 aromatic carbocycles. The summed E-state index contributed by atoms with van der Waals surface area (Å²) in [6, 6.07) is 0. The average molecular weight is 310 g/mol. The van der Waals surface area contributed by atoms with Gasteiger partial charge in [0, 0.05) is 11.8 Å². The minimum absolute atomic E-state index is 0.148. The number of carbonyl (C=O) groups is 2. The van der Waals surface area contributed by atoms with Crippen LogP contribution in [0.25, 0.3) is 0 Å². The molecule has 0 aromatic rings. The topological polar surface area (TPSA) is 123 Å². The Balaban J connectivity index is 2.14. The van der Waals surface area contributed by atoms with Gasteiger partial charge in [-0.1, -0.05) is 25.7 Å². The van der Waals surface area contributed by atoms with E-state index in [4.69, 9.17) is 10.2 Å². The van der Waals surface area contributed by atoms with E-state index in [9.17, 15) is 9.59 Å². The van der Waals surface area contributed by atoms with Crippen molar-refractivity contribution < 1.29 is 19.8 Å². The minimum Gasteiger partial charge on any atom is -0.465 e. The molecule has 0 saturated heterocycles. The second-order valence-corrected chi connectivity index (χ2v) is 5.70. The number of carboxylic acid groups (broad SMARTS) is 2. The van der Waals surface area contributed by atoms with Gasteiger partial charge in [0.05, 0.1) is 24.5 Å². The monoisotopic (exact) mass is 310 g/mol. The summed E-state index contributed by atoms with van der Waals surface area (Å²) in [7, 11) is 0. The Morgan fingerprint density at radius 2 is 1.27 bits per heavy atom. The summed E-state index contributed by atoms with van der Waals surface area (Å²) in [6.45, 7) is 0.360. The van der Waals surface area contributed by atoms with Crippen LogP contribution >= 0.6 is 0 Å². The van der Waals surface area contributed by atoms with Gasteiger partial charge in [-0.25, -0.2) is 9.59 Å². The molecule has 0 spiro atoms. The Labute approximate surface area is 128 Å². The second kappa shape index (κ2) is 7.77. The highest BCUT2D eigenvalue weighted by Crippen LogP contribution is 2.32. The Morgan fingerprint density at radius 1 is 0.864 bits per heavy atom. The second-order valence-electron chi connectivity index (χ2n) is 5.70. The van der Waals surface area contributed by atoms with Crippen LogP contribution in [0.4, 0.5) is 9.59 Å². The summed E-state index contributed by atoms with van der Waals surface area (Å²) in [5, 5.41) is 30.6. The van der Waals surface area contributed by atoms with Gasteiger partial charge in [0.25, 0.3) is 0 Å². The van der Waals surface area contributed by atoms with Crippen LogP contribution in [0.15, 0.2) is 10.2 Å².